The number of carbonyl (C=O) groups is 3. The summed E-state index contributed by atoms with van der Waals surface area (Å²) in [7, 11) is 0. The molecule has 6 nitrogen and oxygen atoms in total. The monoisotopic (exact) mass is 253 g/mol. The highest BCUT2D eigenvalue weighted by Crippen LogP contribution is 2.25. The fourth-order valence-electron chi connectivity index (χ4n) is 2.21. The van der Waals surface area contributed by atoms with E-state index >= 15 is 0 Å². The summed E-state index contributed by atoms with van der Waals surface area (Å²) in [6, 6.07) is 0. The molecule has 0 aromatic rings. The maximum atomic E-state index is 11.8. The van der Waals surface area contributed by atoms with E-state index in [1.54, 1.807) is 13.8 Å². The molecule has 0 saturated carbocycles. The van der Waals surface area contributed by atoms with Gasteiger partial charge in [0.05, 0.1) is 12.6 Å². The Balaban J connectivity index is 1.99. The molecular formula is C12H15NO5. The summed E-state index contributed by atoms with van der Waals surface area (Å²) in [5.74, 6) is -1.61. The van der Waals surface area contributed by atoms with Crippen LogP contribution in [0.4, 0.5) is 0 Å². The molecule has 1 saturated heterocycles. The molecule has 0 radical (unpaired) electrons. The third-order valence-corrected chi connectivity index (χ3v) is 3.46. The molecule has 2 heterocycles. The van der Waals surface area contributed by atoms with Crippen LogP contribution in [-0.4, -0.2) is 46.5 Å². The van der Waals surface area contributed by atoms with Crippen LogP contribution in [0, 0.1) is 0 Å². The van der Waals surface area contributed by atoms with Gasteiger partial charge in [-0.1, -0.05) is 0 Å². The normalized spacial score (nSPS) is 28.4. The van der Waals surface area contributed by atoms with Gasteiger partial charge in [0.1, 0.15) is 0 Å². The highest BCUT2D eigenvalue weighted by Gasteiger charge is 2.38. The third kappa shape index (κ3) is 2.03. The Hall–Kier alpha value is -1.69. The Morgan fingerprint density at radius 3 is 2.28 bits per heavy atom. The second-order valence-electron chi connectivity index (χ2n) is 4.63. The van der Waals surface area contributed by atoms with Crippen molar-refractivity contribution >= 4 is 17.8 Å². The first-order valence-electron chi connectivity index (χ1n) is 5.83. The van der Waals surface area contributed by atoms with Crippen molar-refractivity contribution in [3.8, 4) is 0 Å². The largest absolute Gasteiger partial charge is 0.479 e. The Bertz CT molecular complexity index is 429. The summed E-state index contributed by atoms with van der Waals surface area (Å²) in [4.78, 5) is 35.5. The van der Waals surface area contributed by atoms with Gasteiger partial charge in [-0.3, -0.25) is 14.5 Å². The minimum Gasteiger partial charge on any atom is -0.479 e. The Morgan fingerprint density at radius 1 is 1.28 bits per heavy atom. The summed E-state index contributed by atoms with van der Waals surface area (Å²) < 4.78 is 5.29. The molecule has 1 fully saturated rings. The topological polar surface area (TPSA) is 83.9 Å². The summed E-state index contributed by atoms with van der Waals surface area (Å²) >= 11 is 0. The second kappa shape index (κ2) is 4.53. The molecule has 2 aliphatic rings. The van der Waals surface area contributed by atoms with E-state index in [4.69, 9.17) is 9.84 Å². The van der Waals surface area contributed by atoms with Crippen molar-refractivity contribution in [3.63, 3.8) is 0 Å². The van der Waals surface area contributed by atoms with Crippen LogP contribution in [-0.2, 0) is 19.1 Å². The first-order valence-corrected chi connectivity index (χ1v) is 5.83. The van der Waals surface area contributed by atoms with Crippen LogP contribution in [0.2, 0.25) is 0 Å². The number of nitrogens with zero attached hydrogens (tertiary/aromatic N) is 1. The van der Waals surface area contributed by atoms with Crippen molar-refractivity contribution in [1.82, 2.24) is 4.90 Å². The smallest absolute Gasteiger partial charge is 0.332 e. The summed E-state index contributed by atoms with van der Waals surface area (Å²) in [5, 5.41) is 8.80. The molecule has 98 valence electrons. The van der Waals surface area contributed by atoms with Crippen LogP contribution in [0.25, 0.3) is 0 Å². The van der Waals surface area contributed by atoms with Crippen molar-refractivity contribution < 1.29 is 24.2 Å². The summed E-state index contributed by atoms with van der Waals surface area (Å²) in [6.45, 7) is 3.37. The van der Waals surface area contributed by atoms with Crippen molar-refractivity contribution in [3.05, 3.63) is 11.1 Å². The zero-order valence-corrected chi connectivity index (χ0v) is 10.3. The summed E-state index contributed by atoms with van der Waals surface area (Å²) in [5.41, 5.74) is 0.903. The predicted molar refractivity (Wildman–Crippen MR) is 60.6 cm³/mol. The molecule has 0 aromatic heterocycles. The molecule has 0 aromatic carbocycles. The van der Waals surface area contributed by atoms with E-state index in [-0.39, 0.29) is 24.5 Å². The Kier molecular flexibility index (Phi) is 3.21. The van der Waals surface area contributed by atoms with Gasteiger partial charge in [-0.2, -0.15) is 0 Å². The zero-order valence-electron chi connectivity index (χ0n) is 10.3. The van der Waals surface area contributed by atoms with Crippen LogP contribution in [0.5, 0.6) is 0 Å². The maximum Gasteiger partial charge on any atom is 0.332 e. The van der Waals surface area contributed by atoms with E-state index in [0.717, 1.165) is 4.90 Å². The van der Waals surface area contributed by atoms with E-state index in [1.807, 2.05) is 0 Å². The lowest BCUT2D eigenvalue weighted by Gasteiger charge is -2.19. The molecular weight excluding hydrogens is 238 g/mol. The average molecular weight is 253 g/mol. The van der Waals surface area contributed by atoms with E-state index in [9.17, 15) is 14.4 Å². The lowest BCUT2D eigenvalue weighted by molar-refractivity contribution is -0.150. The van der Waals surface area contributed by atoms with Gasteiger partial charge in [-0.05, 0) is 26.7 Å². The molecule has 2 unspecified atom stereocenters. The van der Waals surface area contributed by atoms with Crippen molar-refractivity contribution in [2.45, 2.75) is 38.9 Å². The van der Waals surface area contributed by atoms with Gasteiger partial charge in [0, 0.05) is 11.1 Å². The van der Waals surface area contributed by atoms with E-state index in [0.29, 0.717) is 24.0 Å². The number of carbonyl (C=O) groups excluding carboxylic acids is 2. The highest BCUT2D eigenvalue weighted by molar-refractivity contribution is 6.18. The number of hydrogen-bond acceptors (Lipinski definition) is 4. The SMILES string of the molecule is CC1=C(C)C(=O)N(CC2CCC(C(=O)O)O2)C1=O. The van der Waals surface area contributed by atoms with Crippen LogP contribution in [0.15, 0.2) is 11.1 Å². The highest BCUT2D eigenvalue weighted by atomic mass is 16.5. The third-order valence-electron chi connectivity index (χ3n) is 3.46. The first kappa shape index (κ1) is 12.8. The van der Waals surface area contributed by atoms with Gasteiger partial charge in [0.2, 0.25) is 0 Å². The number of aliphatic carboxylic acids is 1. The first-order chi connectivity index (χ1) is 8.41. The van der Waals surface area contributed by atoms with Gasteiger partial charge in [0.15, 0.2) is 6.10 Å². The quantitative estimate of drug-likeness (QED) is 0.732. The molecule has 18 heavy (non-hydrogen) atoms. The molecule has 0 bridgehead atoms. The van der Waals surface area contributed by atoms with Gasteiger partial charge < -0.3 is 9.84 Å². The average Bonchev–Trinajstić information content (AvgIpc) is 2.86. The molecule has 2 atom stereocenters. The van der Waals surface area contributed by atoms with Crippen molar-refractivity contribution in [2.24, 2.45) is 0 Å². The standard InChI is InChI=1S/C12H15NO5/c1-6-7(2)11(15)13(10(6)14)5-8-3-4-9(18-8)12(16)17/h8-9H,3-5H2,1-2H3,(H,16,17). The van der Waals surface area contributed by atoms with E-state index in [1.165, 1.54) is 0 Å². The predicted octanol–water partition coefficient (Wildman–Crippen LogP) is 0.324. The lowest BCUT2D eigenvalue weighted by atomic mass is 10.2. The van der Waals surface area contributed by atoms with Crippen LogP contribution >= 0.6 is 0 Å². The van der Waals surface area contributed by atoms with Gasteiger partial charge >= 0.3 is 5.97 Å². The van der Waals surface area contributed by atoms with Crippen LogP contribution < -0.4 is 0 Å². The fraction of sp³-hybridized carbons (Fsp3) is 0.583. The van der Waals surface area contributed by atoms with Crippen molar-refractivity contribution in [2.75, 3.05) is 6.54 Å². The molecule has 1 N–H and O–H groups in total. The molecule has 6 heteroatoms. The van der Waals surface area contributed by atoms with Gasteiger partial charge in [-0.25, -0.2) is 4.79 Å². The molecule has 0 spiro atoms. The maximum absolute atomic E-state index is 11.8. The summed E-state index contributed by atoms with van der Waals surface area (Å²) in [6.07, 6.45) is -0.232. The molecule has 2 rings (SSSR count). The Morgan fingerprint density at radius 2 is 1.83 bits per heavy atom. The van der Waals surface area contributed by atoms with Crippen LogP contribution in [0.1, 0.15) is 26.7 Å². The molecule has 2 aliphatic heterocycles. The van der Waals surface area contributed by atoms with Gasteiger partial charge in [-0.15, -0.1) is 0 Å². The fourth-order valence-corrected chi connectivity index (χ4v) is 2.21. The van der Waals surface area contributed by atoms with E-state index in [2.05, 4.69) is 0 Å². The number of amides is 2. The second-order valence-corrected chi connectivity index (χ2v) is 4.63. The number of rotatable bonds is 3. The van der Waals surface area contributed by atoms with Gasteiger partial charge in [0.25, 0.3) is 11.8 Å². The number of carboxylic acids is 1. The lowest BCUT2D eigenvalue weighted by Crippen LogP contribution is -2.38. The van der Waals surface area contributed by atoms with E-state index < -0.39 is 12.1 Å². The Labute approximate surface area is 104 Å². The number of carboxylic acid groups (broad SMARTS) is 1. The zero-order chi connectivity index (χ0) is 13.4. The van der Waals surface area contributed by atoms with Crippen molar-refractivity contribution in [1.29, 1.82) is 0 Å². The molecule has 2 amide bonds. The number of imide groups is 1. The minimum absolute atomic E-state index is 0.135. The molecule has 0 aliphatic carbocycles. The van der Waals surface area contributed by atoms with Crippen LogP contribution in [0.3, 0.4) is 0 Å². The minimum atomic E-state index is -0.998. The number of hydrogen-bond donors (Lipinski definition) is 1. The number of ether oxygens (including phenoxy) is 1.